The first-order valence-electron chi connectivity index (χ1n) is 14.5. The van der Waals surface area contributed by atoms with Gasteiger partial charge in [-0.05, 0) is 79.9 Å². The van der Waals surface area contributed by atoms with Gasteiger partial charge in [0.2, 0.25) is 0 Å². The van der Waals surface area contributed by atoms with Crippen LogP contribution in [0, 0.1) is 0 Å². The molecule has 196 valence electrons. The monoisotopic (exact) mass is 525 g/mol. The highest BCUT2D eigenvalue weighted by Crippen LogP contribution is 2.56. The molecule has 0 saturated carbocycles. The minimum Gasteiger partial charge on any atom is -0.356 e. The van der Waals surface area contributed by atoms with E-state index in [0.29, 0.717) is 0 Å². The molecule has 8 rings (SSSR count). The molecule has 1 nitrogen and oxygen atoms in total. The molecular weight excluding hydrogens is 494 g/mol. The number of rotatable bonds is 4. The first-order chi connectivity index (χ1) is 20.1. The van der Waals surface area contributed by atoms with E-state index in [0.717, 1.165) is 11.4 Å². The van der Waals surface area contributed by atoms with Crippen molar-refractivity contribution in [1.82, 2.24) is 0 Å². The van der Waals surface area contributed by atoms with Gasteiger partial charge in [-0.25, -0.2) is 0 Å². The lowest BCUT2D eigenvalue weighted by Gasteiger charge is -2.34. The summed E-state index contributed by atoms with van der Waals surface area (Å²) < 4.78 is 0. The molecule has 0 aliphatic heterocycles. The third-order valence-electron chi connectivity index (χ3n) is 9.35. The van der Waals surface area contributed by atoms with Crippen molar-refractivity contribution in [2.75, 3.05) is 5.32 Å². The van der Waals surface area contributed by atoms with E-state index in [1.165, 1.54) is 55.6 Å². The van der Waals surface area contributed by atoms with Gasteiger partial charge in [-0.1, -0.05) is 135 Å². The molecule has 6 aromatic carbocycles. The van der Waals surface area contributed by atoms with Crippen LogP contribution in [0.1, 0.15) is 47.2 Å². The second-order valence-electron chi connectivity index (χ2n) is 11.8. The van der Waals surface area contributed by atoms with Crippen LogP contribution in [0.5, 0.6) is 0 Å². The minimum atomic E-state index is -0.365. The molecule has 0 saturated heterocycles. The first kappa shape index (κ1) is 24.0. The lowest BCUT2D eigenvalue weighted by Crippen LogP contribution is -2.28. The molecule has 2 aliphatic rings. The predicted octanol–water partition coefficient (Wildman–Crippen LogP) is 10.1. The predicted molar refractivity (Wildman–Crippen MR) is 171 cm³/mol. The fourth-order valence-corrected chi connectivity index (χ4v) is 7.48. The molecule has 0 fully saturated rings. The summed E-state index contributed by atoms with van der Waals surface area (Å²) in [6, 6.07) is 53.5. The fraction of sp³-hybridized carbons (Fsp3) is 0.100. The second kappa shape index (κ2) is 8.81. The Morgan fingerprint density at radius 2 is 0.854 bits per heavy atom. The van der Waals surface area contributed by atoms with Crippen LogP contribution in [-0.4, -0.2) is 0 Å². The smallest absolute Gasteiger partial charge is 0.0713 e. The number of hydrogen-bond donors (Lipinski definition) is 1. The van der Waals surface area contributed by atoms with Gasteiger partial charge in [0.1, 0.15) is 0 Å². The molecule has 1 heteroatoms. The Bertz CT molecular complexity index is 1880. The second-order valence-corrected chi connectivity index (χ2v) is 11.8. The Morgan fingerprint density at radius 1 is 0.390 bits per heavy atom. The molecule has 0 radical (unpaired) electrons. The van der Waals surface area contributed by atoms with Crippen LogP contribution in [0.25, 0.3) is 22.3 Å². The van der Waals surface area contributed by atoms with E-state index in [-0.39, 0.29) is 10.8 Å². The maximum absolute atomic E-state index is 3.70. The summed E-state index contributed by atoms with van der Waals surface area (Å²) in [5.41, 5.74) is 15.2. The maximum Gasteiger partial charge on any atom is 0.0713 e. The normalized spacial score (nSPS) is 15.0. The van der Waals surface area contributed by atoms with Crippen LogP contribution in [0.15, 0.2) is 146 Å². The van der Waals surface area contributed by atoms with Gasteiger partial charge < -0.3 is 5.32 Å². The van der Waals surface area contributed by atoms with Gasteiger partial charge in [-0.2, -0.15) is 0 Å². The van der Waals surface area contributed by atoms with E-state index in [9.17, 15) is 0 Å². The van der Waals surface area contributed by atoms with Crippen LogP contribution in [0.4, 0.5) is 11.4 Å². The van der Waals surface area contributed by atoms with Crippen molar-refractivity contribution in [3.8, 4) is 22.3 Å². The van der Waals surface area contributed by atoms with Crippen molar-refractivity contribution in [2.45, 2.75) is 24.7 Å². The number of hydrogen-bond acceptors (Lipinski definition) is 1. The van der Waals surface area contributed by atoms with Gasteiger partial charge >= 0.3 is 0 Å². The molecule has 2 aliphatic carbocycles. The molecule has 0 bridgehead atoms. The Morgan fingerprint density at radius 3 is 1.49 bits per heavy atom. The Balaban J connectivity index is 1.22. The Kier molecular flexibility index (Phi) is 5.15. The molecule has 0 spiro atoms. The lowest BCUT2D eigenvalue weighted by atomic mass is 9.68. The topological polar surface area (TPSA) is 12.0 Å². The highest BCUT2D eigenvalue weighted by molar-refractivity contribution is 5.87. The van der Waals surface area contributed by atoms with E-state index in [1.807, 2.05) is 0 Å². The number of nitrogens with one attached hydrogen (secondary N) is 1. The molecule has 1 N–H and O–H groups in total. The molecule has 0 aromatic heterocycles. The van der Waals surface area contributed by atoms with Crippen LogP contribution in [0.2, 0.25) is 0 Å². The number of fused-ring (bicyclic) bond motifs is 6. The van der Waals surface area contributed by atoms with Crippen LogP contribution in [0.3, 0.4) is 0 Å². The number of anilines is 2. The zero-order valence-electron chi connectivity index (χ0n) is 23.4. The molecule has 41 heavy (non-hydrogen) atoms. The summed E-state index contributed by atoms with van der Waals surface area (Å²) in [4.78, 5) is 0. The Labute approximate surface area is 242 Å². The van der Waals surface area contributed by atoms with Gasteiger partial charge in [-0.3, -0.25) is 0 Å². The maximum atomic E-state index is 3.70. The van der Waals surface area contributed by atoms with Crippen molar-refractivity contribution in [1.29, 1.82) is 0 Å². The van der Waals surface area contributed by atoms with E-state index in [4.69, 9.17) is 0 Å². The fourth-order valence-electron chi connectivity index (χ4n) is 7.48. The summed E-state index contributed by atoms with van der Waals surface area (Å²) in [6.45, 7) is 4.65. The van der Waals surface area contributed by atoms with Crippen LogP contribution >= 0.6 is 0 Å². The summed E-state index contributed by atoms with van der Waals surface area (Å²) in [7, 11) is 0. The van der Waals surface area contributed by atoms with Gasteiger partial charge in [0.05, 0.1) is 5.41 Å². The molecule has 0 atom stereocenters. The molecule has 0 unspecified atom stereocenters. The van der Waals surface area contributed by atoms with E-state index in [1.54, 1.807) is 0 Å². The minimum absolute atomic E-state index is 0.0196. The van der Waals surface area contributed by atoms with E-state index < -0.39 is 0 Å². The molecule has 0 heterocycles. The van der Waals surface area contributed by atoms with Gasteiger partial charge in [-0.15, -0.1) is 0 Å². The van der Waals surface area contributed by atoms with Crippen LogP contribution < -0.4 is 5.32 Å². The van der Waals surface area contributed by atoms with Gasteiger partial charge in [0, 0.05) is 16.8 Å². The average Bonchev–Trinajstić information content (AvgIpc) is 3.45. The van der Waals surface area contributed by atoms with Crippen molar-refractivity contribution in [3.05, 3.63) is 179 Å². The van der Waals surface area contributed by atoms with Crippen LogP contribution in [-0.2, 0) is 10.8 Å². The third-order valence-corrected chi connectivity index (χ3v) is 9.35. The highest BCUT2D eigenvalue weighted by atomic mass is 14.9. The quantitative estimate of drug-likeness (QED) is 0.241. The summed E-state index contributed by atoms with van der Waals surface area (Å²) in [5, 5.41) is 3.70. The SMILES string of the molecule is CC1(C)c2ccccc2-c2cc(Nc3ccc(C4(c5ccccc5)c5ccccc5-c5ccccc54)cc3)ccc21. The van der Waals surface area contributed by atoms with Crippen molar-refractivity contribution in [2.24, 2.45) is 0 Å². The van der Waals surface area contributed by atoms with Gasteiger partial charge in [0.15, 0.2) is 0 Å². The lowest BCUT2D eigenvalue weighted by molar-refractivity contribution is 0.660. The standard InChI is InChI=1S/C40H31N/c1-39(2)35-17-9-6-16-33(35)34-26-30(24-25-36(34)39)41-29-22-20-28(21-23-29)40(27-12-4-3-5-13-27)37-18-10-7-14-31(37)32-15-8-11-19-38(32)40/h3-26,41H,1-2H3. The van der Waals surface area contributed by atoms with Crippen molar-refractivity contribution >= 4 is 11.4 Å². The average molecular weight is 526 g/mol. The summed E-state index contributed by atoms with van der Waals surface area (Å²) in [5.74, 6) is 0. The Hall–Kier alpha value is -4.88. The zero-order chi connectivity index (χ0) is 27.6. The summed E-state index contributed by atoms with van der Waals surface area (Å²) in [6.07, 6.45) is 0. The van der Waals surface area contributed by atoms with Gasteiger partial charge in [0.25, 0.3) is 0 Å². The zero-order valence-corrected chi connectivity index (χ0v) is 23.4. The largest absolute Gasteiger partial charge is 0.356 e. The van der Waals surface area contributed by atoms with Crippen molar-refractivity contribution in [3.63, 3.8) is 0 Å². The molecular formula is C40H31N. The molecule has 6 aromatic rings. The van der Waals surface area contributed by atoms with E-state index >= 15 is 0 Å². The first-order valence-corrected chi connectivity index (χ1v) is 14.5. The van der Waals surface area contributed by atoms with Crippen molar-refractivity contribution < 1.29 is 0 Å². The molecule has 0 amide bonds. The van der Waals surface area contributed by atoms with E-state index in [2.05, 4.69) is 165 Å². The number of benzene rings is 6. The highest BCUT2D eigenvalue weighted by Gasteiger charge is 2.45. The summed E-state index contributed by atoms with van der Waals surface area (Å²) >= 11 is 0. The third kappa shape index (κ3) is 3.36.